The molecule has 1 aromatic rings. The molecular formula is C20H28N2O4S. The topological polar surface area (TPSA) is 66.9 Å². The molecule has 0 aromatic heterocycles. The van der Waals surface area contributed by atoms with Gasteiger partial charge in [0.15, 0.2) is 9.84 Å². The van der Waals surface area contributed by atoms with Gasteiger partial charge in [-0.1, -0.05) is 31.7 Å². The molecule has 1 aliphatic carbocycles. The summed E-state index contributed by atoms with van der Waals surface area (Å²) in [6.07, 6.45) is 6.94. The first-order chi connectivity index (χ1) is 13.0. The first kappa shape index (κ1) is 18.7. The number of fused-ring (bicyclic) bond motifs is 1. The predicted octanol–water partition coefficient (Wildman–Crippen LogP) is 2.23. The molecular weight excluding hydrogens is 364 g/mol. The van der Waals surface area contributed by atoms with E-state index in [1.807, 2.05) is 24.3 Å². The van der Waals surface area contributed by atoms with Crippen LogP contribution in [0.5, 0.6) is 5.75 Å². The third-order valence-electron chi connectivity index (χ3n) is 6.26. The van der Waals surface area contributed by atoms with E-state index in [1.165, 1.54) is 25.7 Å². The number of carbonyl (C=O) groups is 1. The molecule has 0 unspecified atom stereocenters. The van der Waals surface area contributed by atoms with Crippen molar-refractivity contribution in [2.45, 2.75) is 56.7 Å². The van der Waals surface area contributed by atoms with Crippen molar-refractivity contribution in [2.75, 3.05) is 30.1 Å². The van der Waals surface area contributed by atoms with Crippen LogP contribution in [0.25, 0.3) is 0 Å². The number of hydrogen-bond acceptors (Lipinski definition) is 5. The van der Waals surface area contributed by atoms with Gasteiger partial charge in [0.1, 0.15) is 5.75 Å². The van der Waals surface area contributed by atoms with Gasteiger partial charge in [0, 0.05) is 23.8 Å². The quantitative estimate of drug-likeness (QED) is 0.738. The minimum atomic E-state index is -3.16. The number of methoxy groups -OCH3 is 1. The SMILES string of the molecule is COc1cccc(N2C(=O)CN(C3CCCCCC3)[C@H]3CS(=O)(=O)C[C@@H]32)c1. The number of benzene rings is 1. The first-order valence-electron chi connectivity index (χ1n) is 9.91. The lowest BCUT2D eigenvalue weighted by molar-refractivity contribution is -0.124. The van der Waals surface area contributed by atoms with Crippen LogP contribution in [0.4, 0.5) is 5.69 Å². The van der Waals surface area contributed by atoms with Crippen LogP contribution >= 0.6 is 0 Å². The third kappa shape index (κ3) is 3.72. The van der Waals surface area contributed by atoms with Crippen LogP contribution in [0.2, 0.25) is 0 Å². The van der Waals surface area contributed by atoms with Gasteiger partial charge in [0.05, 0.1) is 31.2 Å². The highest BCUT2D eigenvalue weighted by molar-refractivity contribution is 7.91. The smallest absolute Gasteiger partial charge is 0.241 e. The van der Waals surface area contributed by atoms with E-state index >= 15 is 0 Å². The molecule has 2 atom stereocenters. The number of nitrogens with zero attached hydrogens (tertiary/aromatic N) is 2. The average Bonchev–Trinajstić information content (AvgIpc) is 2.82. The van der Waals surface area contributed by atoms with E-state index in [0.717, 1.165) is 18.5 Å². The molecule has 27 heavy (non-hydrogen) atoms. The zero-order valence-corrected chi connectivity index (χ0v) is 16.7. The molecule has 3 aliphatic rings. The van der Waals surface area contributed by atoms with Gasteiger partial charge in [0.25, 0.3) is 0 Å². The van der Waals surface area contributed by atoms with Crippen LogP contribution in [-0.2, 0) is 14.6 Å². The minimum Gasteiger partial charge on any atom is -0.497 e. The molecule has 2 aliphatic heterocycles. The van der Waals surface area contributed by atoms with E-state index < -0.39 is 9.84 Å². The lowest BCUT2D eigenvalue weighted by Gasteiger charge is -2.46. The number of ether oxygens (including phenoxy) is 1. The van der Waals surface area contributed by atoms with Gasteiger partial charge in [-0.25, -0.2) is 8.42 Å². The Balaban J connectivity index is 1.67. The Kier molecular flexibility index (Phi) is 5.16. The van der Waals surface area contributed by atoms with Gasteiger partial charge >= 0.3 is 0 Å². The Bertz CT molecular complexity index is 802. The molecule has 2 saturated heterocycles. The lowest BCUT2D eigenvalue weighted by Crippen LogP contribution is -2.64. The summed E-state index contributed by atoms with van der Waals surface area (Å²) in [5.74, 6) is 0.862. The Morgan fingerprint density at radius 3 is 2.44 bits per heavy atom. The van der Waals surface area contributed by atoms with Crippen molar-refractivity contribution < 1.29 is 17.9 Å². The van der Waals surface area contributed by atoms with Crippen LogP contribution in [-0.4, -0.2) is 62.5 Å². The molecule has 7 heteroatoms. The number of anilines is 1. The summed E-state index contributed by atoms with van der Waals surface area (Å²) >= 11 is 0. The zero-order chi connectivity index (χ0) is 19.0. The van der Waals surface area contributed by atoms with Crippen molar-refractivity contribution in [1.29, 1.82) is 0 Å². The van der Waals surface area contributed by atoms with E-state index in [4.69, 9.17) is 4.74 Å². The van der Waals surface area contributed by atoms with E-state index in [-0.39, 0.29) is 29.5 Å². The third-order valence-corrected chi connectivity index (χ3v) is 7.96. The number of carbonyl (C=O) groups excluding carboxylic acids is 1. The van der Waals surface area contributed by atoms with E-state index in [2.05, 4.69) is 4.90 Å². The van der Waals surface area contributed by atoms with Gasteiger partial charge in [-0.3, -0.25) is 9.69 Å². The standard InChI is InChI=1S/C20H28N2O4S/c1-26-17-10-6-9-16(11-17)22-19-14-27(24,25)13-18(19)21(12-20(22)23)15-7-4-2-3-5-8-15/h6,9-11,15,18-19H,2-5,7-8,12-14H2,1H3/t18-,19-/m0/s1. The second-order valence-electron chi connectivity index (χ2n) is 7.99. The van der Waals surface area contributed by atoms with Crippen molar-refractivity contribution >= 4 is 21.4 Å². The molecule has 6 nitrogen and oxygen atoms in total. The van der Waals surface area contributed by atoms with E-state index in [1.54, 1.807) is 12.0 Å². The molecule has 2 heterocycles. The van der Waals surface area contributed by atoms with Crippen molar-refractivity contribution in [2.24, 2.45) is 0 Å². The number of sulfone groups is 1. The summed E-state index contributed by atoms with van der Waals surface area (Å²) in [6.45, 7) is 0.304. The highest BCUT2D eigenvalue weighted by atomic mass is 32.2. The molecule has 3 fully saturated rings. The lowest BCUT2D eigenvalue weighted by atomic mass is 9.97. The Morgan fingerprint density at radius 1 is 1.04 bits per heavy atom. The van der Waals surface area contributed by atoms with Gasteiger partial charge in [-0.15, -0.1) is 0 Å². The Morgan fingerprint density at radius 2 is 1.74 bits per heavy atom. The summed E-state index contributed by atoms with van der Waals surface area (Å²) in [5, 5.41) is 0. The summed E-state index contributed by atoms with van der Waals surface area (Å²) in [6, 6.07) is 7.26. The van der Waals surface area contributed by atoms with Gasteiger partial charge in [-0.2, -0.15) is 0 Å². The molecule has 4 rings (SSSR count). The van der Waals surface area contributed by atoms with Crippen LogP contribution in [0.1, 0.15) is 38.5 Å². The monoisotopic (exact) mass is 392 g/mol. The summed E-state index contributed by atoms with van der Waals surface area (Å²) < 4.78 is 30.3. The van der Waals surface area contributed by atoms with Crippen molar-refractivity contribution in [3.05, 3.63) is 24.3 Å². The largest absolute Gasteiger partial charge is 0.497 e. The van der Waals surface area contributed by atoms with E-state index in [0.29, 0.717) is 18.3 Å². The maximum absolute atomic E-state index is 13.1. The average molecular weight is 393 g/mol. The van der Waals surface area contributed by atoms with E-state index in [9.17, 15) is 13.2 Å². The molecule has 0 radical (unpaired) electrons. The number of rotatable bonds is 3. The van der Waals surface area contributed by atoms with Crippen molar-refractivity contribution in [3.63, 3.8) is 0 Å². The fraction of sp³-hybridized carbons (Fsp3) is 0.650. The zero-order valence-electron chi connectivity index (χ0n) is 15.8. The maximum Gasteiger partial charge on any atom is 0.241 e. The van der Waals surface area contributed by atoms with Gasteiger partial charge in [0.2, 0.25) is 5.91 Å². The molecule has 1 amide bonds. The normalized spacial score (nSPS) is 29.4. The molecule has 1 saturated carbocycles. The molecule has 0 bridgehead atoms. The van der Waals surface area contributed by atoms with Crippen LogP contribution in [0.3, 0.4) is 0 Å². The highest BCUT2D eigenvalue weighted by Gasteiger charge is 2.51. The van der Waals surface area contributed by atoms with Crippen molar-refractivity contribution in [3.8, 4) is 5.75 Å². The molecule has 1 aromatic carbocycles. The predicted molar refractivity (Wildman–Crippen MR) is 105 cm³/mol. The number of amides is 1. The number of hydrogen-bond donors (Lipinski definition) is 0. The number of piperazine rings is 1. The molecule has 0 spiro atoms. The Labute approximate surface area is 161 Å². The second-order valence-corrected chi connectivity index (χ2v) is 10.1. The second kappa shape index (κ2) is 7.43. The molecule has 0 N–H and O–H groups in total. The first-order valence-corrected chi connectivity index (χ1v) is 11.7. The highest BCUT2D eigenvalue weighted by Crippen LogP contribution is 2.36. The van der Waals surface area contributed by atoms with Gasteiger partial charge < -0.3 is 9.64 Å². The van der Waals surface area contributed by atoms with Crippen molar-refractivity contribution in [1.82, 2.24) is 4.90 Å². The maximum atomic E-state index is 13.1. The van der Waals surface area contributed by atoms with Crippen LogP contribution in [0, 0.1) is 0 Å². The van der Waals surface area contributed by atoms with Crippen LogP contribution < -0.4 is 9.64 Å². The van der Waals surface area contributed by atoms with Gasteiger partial charge in [-0.05, 0) is 25.0 Å². The fourth-order valence-electron chi connectivity index (χ4n) is 4.99. The van der Waals surface area contributed by atoms with Crippen LogP contribution in [0.15, 0.2) is 24.3 Å². The summed E-state index contributed by atoms with van der Waals surface area (Å²) in [4.78, 5) is 17.1. The fourth-order valence-corrected chi connectivity index (χ4v) is 6.96. The summed E-state index contributed by atoms with van der Waals surface area (Å²) in [5.41, 5.74) is 0.729. The Hall–Kier alpha value is -1.60. The minimum absolute atomic E-state index is 0.00847. The molecule has 148 valence electrons. The summed E-state index contributed by atoms with van der Waals surface area (Å²) in [7, 11) is -1.57.